The number of benzene rings is 2. The summed E-state index contributed by atoms with van der Waals surface area (Å²) in [7, 11) is 3.98. The summed E-state index contributed by atoms with van der Waals surface area (Å²) in [5.41, 5.74) is 3.11. The number of hydrogen-bond acceptors (Lipinski definition) is 4. The highest BCUT2D eigenvalue weighted by Crippen LogP contribution is 2.27. The van der Waals surface area contributed by atoms with Gasteiger partial charge in [0.15, 0.2) is 5.82 Å². The van der Waals surface area contributed by atoms with E-state index in [4.69, 9.17) is 9.97 Å². The number of para-hydroxylation sites is 1. The van der Waals surface area contributed by atoms with Crippen molar-refractivity contribution in [2.24, 2.45) is 7.05 Å². The van der Waals surface area contributed by atoms with Gasteiger partial charge in [0.25, 0.3) is 0 Å². The maximum Gasteiger partial charge on any atom is 0.162 e. The molecule has 124 valence electrons. The molecular weight excluding hydrogens is 310 g/mol. The van der Waals surface area contributed by atoms with Crippen molar-refractivity contribution < 1.29 is 0 Å². The number of hydrogen-bond donors (Lipinski definition) is 0. The summed E-state index contributed by atoms with van der Waals surface area (Å²) in [5, 5.41) is 5.30. The molecule has 2 aromatic heterocycles. The smallest absolute Gasteiger partial charge is 0.162 e. The highest BCUT2D eigenvalue weighted by Gasteiger charge is 2.13. The lowest BCUT2D eigenvalue weighted by Gasteiger charge is -2.20. The Morgan fingerprint density at radius 1 is 0.960 bits per heavy atom. The van der Waals surface area contributed by atoms with Crippen molar-refractivity contribution in [3.05, 3.63) is 72.6 Å². The van der Waals surface area contributed by atoms with Crippen molar-refractivity contribution in [1.29, 1.82) is 0 Å². The van der Waals surface area contributed by atoms with Crippen molar-refractivity contribution in [2.45, 2.75) is 6.54 Å². The third-order valence-electron chi connectivity index (χ3n) is 4.15. The molecule has 0 radical (unpaired) electrons. The first-order valence-electron chi connectivity index (χ1n) is 8.21. The van der Waals surface area contributed by atoms with Gasteiger partial charge in [-0.15, -0.1) is 0 Å². The SMILES string of the molecule is CN(Cc1cnn(C)c1)c1nc(-c2ccccc2)nc2ccccc12. The van der Waals surface area contributed by atoms with E-state index in [1.54, 1.807) is 0 Å². The Bertz CT molecular complexity index is 1010. The molecule has 0 spiro atoms. The number of anilines is 1. The second-order valence-electron chi connectivity index (χ2n) is 6.13. The molecule has 25 heavy (non-hydrogen) atoms. The van der Waals surface area contributed by atoms with Crippen molar-refractivity contribution in [3.63, 3.8) is 0 Å². The number of fused-ring (bicyclic) bond motifs is 1. The van der Waals surface area contributed by atoms with Crippen LogP contribution < -0.4 is 4.90 Å². The Kier molecular flexibility index (Phi) is 3.90. The Morgan fingerprint density at radius 2 is 1.72 bits per heavy atom. The molecule has 0 aliphatic carbocycles. The summed E-state index contributed by atoms with van der Waals surface area (Å²) in [6, 6.07) is 18.2. The second kappa shape index (κ2) is 6.36. The predicted molar refractivity (Wildman–Crippen MR) is 100 cm³/mol. The summed E-state index contributed by atoms with van der Waals surface area (Å²) in [5.74, 6) is 1.67. The van der Waals surface area contributed by atoms with E-state index in [2.05, 4.69) is 23.1 Å². The van der Waals surface area contributed by atoms with Crippen molar-refractivity contribution in [3.8, 4) is 11.4 Å². The van der Waals surface area contributed by atoms with Gasteiger partial charge in [0.2, 0.25) is 0 Å². The molecule has 0 aliphatic heterocycles. The van der Waals surface area contributed by atoms with Crippen LogP contribution in [0.2, 0.25) is 0 Å². The fourth-order valence-electron chi connectivity index (χ4n) is 2.97. The lowest BCUT2D eigenvalue weighted by Crippen LogP contribution is -2.18. The Hall–Kier alpha value is -3.21. The molecule has 0 aliphatic rings. The van der Waals surface area contributed by atoms with Gasteiger partial charge in [-0.2, -0.15) is 5.10 Å². The van der Waals surface area contributed by atoms with Crippen LogP contribution in [0.15, 0.2) is 67.0 Å². The maximum atomic E-state index is 4.86. The molecule has 0 amide bonds. The van der Waals surface area contributed by atoms with Gasteiger partial charge < -0.3 is 4.90 Å². The van der Waals surface area contributed by atoms with E-state index in [1.165, 1.54) is 0 Å². The van der Waals surface area contributed by atoms with Crippen molar-refractivity contribution in [2.75, 3.05) is 11.9 Å². The Morgan fingerprint density at radius 3 is 2.48 bits per heavy atom. The fourth-order valence-corrected chi connectivity index (χ4v) is 2.97. The van der Waals surface area contributed by atoms with Gasteiger partial charge in [-0.3, -0.25) is 4.68 Å². The van der Waals surface area contributed by atoms with E-state index >= 15 is 0 Å². The Labute approximate surface area is 146 Å². The van der Waals surface area contributed by atoms with E-state index in [1.807, 2.05) is 72.7 Å². The standard InChI is InChI=1S/C20H19N5/c1-24(13-15-12-21-25(2)14-15)20-17-10-6-7-11-18(17)22-19(23-20)16-8-4-3-5-9-16/h3-12,14H,13H2,1-2H3. The van der Waals surface area contributed by atoms with Crippen molar-refractivity contribution in [1.82, 2.24) is 19.7 Å². The minimum absolute atomic E-state index is 0.739. The monoisotopic (exact) mass is 329 g/mol. The fraction of sp³-hybridized carbons (Fsp3) is 0.150. The van der Waals surface area contributed by atoms with E-state index in [9.17, 15) is 0 Å². The molecule has 5 nitrogen and oxygen atoms in total. The normalized spacial score (nSPS) is 11.0. The van der Waals surface area contributed by atoms with Crippen LogP contribution in [0.3, 0.4) is 0 Å². The Balaban J connectivity index is 1.80. The number of nitrogens with zero attached hydrogens (tertiary/aromatic N) is 5. The quantitative estimate of drug-likeness (QED) is 0.573. The van der Waals surface area contributed by atoms with Crippen LogP contribution in [0.1, 0.15) is 5.56 Å². The first-order valence-corrected chi connectivity index (χ1v) is 8.21. The molecule has 0 atom stereocenters. The molecule has 2 aromatic carbocycles. The van der Waals surface area contributed by atoms with Crippen LogP contribution in [-0.4, -0.2) is 26.8 Å². The van der Waals surface area contributed by atoms with Gasteiger partial charge >= 0.3 is 0 Å². The summed E-state index contributed by atoms with van der Waals surface area (Å²) in [4.78, 5) is 11.8. The molecule has 0 saturated heterocycles. The minimum atomic E-state index is 0.739. The van der Waals surface area contributed by atoms with Gasteiger partial charge in [0.05, 0.1) is 11.7 Å². The van der Waals surface area contributed by atoms with Crippen LogP contribution in [0.5, 0.6) is 0 Å². The zero-order chi connectivity index (χ0) is 17.2. The predicted octanol–water partition coefficient (Wildman–Crippen LogP) is 3.67. The zero-order valence-electron chi connectivity index (χ0n) is 14.3. The zero-order valence-corrected chi connectivity index (χ0v) is 14.3. The molecule has 5 heteroatoms. The topological polar surface area (TPSA) is 46.8 Å². The van der Waals surface area contributed by atoms with E-state index in [0.29, 0.717) is 0 Å². The van der Waals surface area contributed by atoms with Gasteiger partial charge in [-0.1, -0.05) is 42.5 Å². The highest BCUT2D eigenvalue weighted by atomic mass is 15.2. The summed E-state index contributed by atoms with van der Waals surface area (Å²) < 4.78 is 1.82. The average molecular weight is 329 g/mol. The molecule has 0 unspecified atom stereocenters. The van der Waals surface area contributed by atoms with E-state index < -0.39 is 0 Å². The number of rotatable bonds is 4. The number of aromatic nitrogens is 4. The molecule has 4 aromatic rings. The molecule has 0 bridgehead atoms. The largest absolute Gasteiger partial charge is 0.355 e. The summed E-state index contributed by atoms with van der Waals surface area (Å²) >= 11 is 0. The first-order chi connectivity index (χ1) is 12.2. The van der Waals surface area contributed by atoms with E-state index in [0.717, 1.165) is 40.2 Å². The minimum Gasteiger partial charge on any atom is -0.355 e. The molecular formula is C20H19N5. The first kappa shape index (κ1) is 15.3. The van der Waals surface area contributed by atoms with Crippen LogP contribution in [0, 0.1) is 0 Å². The molecule has 0 saturated carbocycles. The number of aryl methyl sites for hydroxylation is 1. The van der Waals surface area contributed by atoms with Crippen LogP contribution in [-0.2, 0) is 13.6 Å². The maximum absolute atomic E-state index is 4.86. The summed E-state index contributed by atoms with van der Waals surface area (Å²) in [6.07, 6.45) is 3.91. The van der Waals surface area contributed by atoms with Gasteiger partial charge in [0.1, 0.15) is 5.82 Å². The third-order valence-corrected chi connectivity index (χ3v) is 4.15. The van der Waals surface area contributed by atoms with Crippen LogP contribution >= 0.6 is 0 Å². The molecule has 0 N–H and O–H groups in total. The second-order valence-corrected chi connectivity index (χ2v) is 6.13. The van der Waals surface area contributed by atoms with Gasteiger partial charge in [-0.25, -0.2) is 9.97 Å². The van der Waals surface area contributed by atoms with Gasteiger partial charge in [-0.05, 0) is 12.1 Å². The molecule has 2 heterocycles. The third kappa shape index (κ3) is 3.08. The lowest BCUT2D eigenvalue weighted by atomic mass is 10.1. The van der Waals surface area contributed by atoms with Gasteiger partial charge in [0, 0.05) is 43.4 Å². The van der Waals surface area contributed by atoms with Crippen LogP contribution in [0.4, 0.5) is 5.82 Å². The van der Waals surface area contributed by atoms with Crippen LogP contribution in [0.25, 0.3) is 22.3 Å². The lowest BCUT2D eigenvalue weighted by molar-refractivity contribution is 0.766. The average Bonchev–Trinajstić information content (AvgIpc) is 3.06. The molecule has 0 fully saturated rings. The van der Waals surface area contributed by atoms with E-state index in [-0.39, 0.29) is 0 Å². The van der Waals surface area contributed by atoms with Crippen molar-refractivity contribution >= 4 is 16.7 Å². The summed E-state index contributed by atoms with van der Waals surface area (Å²) in [6.45, 7) is 0.739. The highest BCUT2D eigenvalue weighted by molar-refractivity contribution is 5.90. The molecule has 4 rings (SSSR count).